The number of allylic oxidation sites excluding steroid dienone is 1. The van der Waals surface area contributed by atoms with Crippen LogP contribution in [0, 0.1) is 0 Å². The maximum atomic E-state index is 11.8. The van der Waals surface area contributed by atoms with Gasteiger partial charge in [-0.3, -0.25) is 0 Å². The highest BCUT2D eigenvalue weighted by atomic mass is 32.1. The van der Waals surface area contributed by atoms with E-state index in [-0.39, 0.29) is 12.0 Å². The predicted molar refractivity (Wildman–Crippen MR) is 66.9 cm³/mol. The molecule has 0 aromatic rings. The Morgan fingerprint density at radius 1 is 1.50 bits per heavy atom. The molecule has 90 valence electrons. The number of thiocarbonyl (C=S) groups is 1. The summed E-state index contributed by atoms with van der Waals surface area (Å²) < 4.78 is 5.04. The fraction of sp³-hybridized carbons (Fsp3) is 0.636. The van der Waals surface area contributed by atoms with Crippen molar-refractivity contribution >= 4 is 23.3 Å². The Balaban J connectivity index is 2.97. The third-order valence-corrected chi connectivity index (χ3v) is 2.59. The number of rotatable bonds is 4. The zero-order valence-corrected chi connectivity index (χ0v) is 10.7. The molecule has 1 unspecified atom stereocenters. The molecule has 0 bridgehead atoms. The van der Waals surface area contributed by atoms with Gasteiger partial charge in [0.05, 0.1) is 18.2 Å². The van der Waals surface area contributed by atoms with Crippen molar-refractivity contribution in [3.05, 3.63) is 11.3 Å². The molecule has 0 saturated heterocycles. The summed E-state index contributed by atoms with van der Waals surface area (Å²) in [5.41, 5.74) is 1.55. The van der Waals surface area contributed by atoms with Gasteiger partial charge in [-0.25, -0.2) is 4.79 Å². The van der Waals surface area contributed by atoms with Crippen LogP contribution in [0.2, 0.25) is 0 Å². The molecule has 4 nitrogen and oxygen atoms in total. The zero-order chi connectivity index (χ0) is 12.1. The maximum absolute atomic E-state index is 11.8. The average Bonchev–Trinajstić information content (AvgIpc) is 2.17. The van der Waals surface area contributed by atoms with Crippen molar-refractivity contribution in [2.24, 2.45) is 0 Å². The molecule has 0 radical (unpaired) electrons. The van der Waals surface area contributed by atoms with Gasteiger partial charge in [-0.05, 0) is 32.5 Å². The highest BCUT2D eigenvalue weighted by molar-refractivity contribution is 7.80. The Labute approximate surface area is 101 Å². The van der Waals surface area contributed by atoms with Gasteiger partial charge in [0.25, 0.3) is 0 Å². The maximum Gasteiger partial charge on any atom is 0.337 e. The quantitative estimate of drug-likeness (QED) is 0.577. The third-order valence-electron chi connectivity index (χ3n) is 2.37. The second-order valence-electron chi connectivity index (χ2n) is 3.68. The number of ether oxygens (including phenoxy) is 1. The number of hydrogen-bond acceptors (Lipinski definition) is 3. The predicted octanol–water partition coefficient (Wildman–Crippen LogP) is 1.47. The van der Waals surface area contributed by atoms with E-state index in [0.717, 1.165) is 18.5 Å². The van der Waals surface area contributed by atoms with Crippen molar-refractivity contribution < 1.29 is 9.53 Å². The number of carbonyl (C=O) groups is 1. The highest BCUT2D eigenvalue weighted by Crippen LogP contribution is 2.17. The molecule has 5 heteroatoms. The normalized spacial score (nSPS) is 20.2. The van der Waals surface area contributed by atoms with Crippen molar-refractivity contribution in [2.45, 2.75) is 39.7 Å². The molecular weight excluding hydrogens is 224 g/mol. The molecule has 0 aromatic heterocycles. The number of carbonyl (C=O) groups excluding carboxylic acids is 1. The number of hydrogen-bond donors (Lipinski definition) is 2. The Morgan fingerprint density at radius 3 is 2.75 bits per heavy atom. The first-order chi connectivity index (χ1) is 7.60. The lowest BCUT2D eigenvalue weighted by Crippen LogP contribution is -2.49. The fourth-order valence-corrected chi connectivity index (χ4v) is 2.03. The Morgan fingerprint density at radius 2 is 2.19 bits per heavy atom. The lowest BCUT2D eigenvalue weighted by molar-refractivity contribution is -0.138. The van der Waals surface area contributed by atoms with E-state index >= 15 is 0 Å². The average molecular weight is 242 g/mol. The molecule has 0 fully saturated rings. The molecule has 1 rings (SSSR count). The van der Waals surface area contributed by atoms with Crippen LogP contribution >= 0.6 is 12.2 Å². The van der Waals surface area contributed by atoms with Gasteiger partial charge in [-0.2, -0.15) is 0 Å². The second kappa shape index (κ2) is 5.84. The molecule has 0 spiro atoms. The first-order valence-electron chi connectivity index (χ1n) is 5.57. The van der Waals surface area contributed by atoms with Gasteiger partial charge in [0.2, 0.25) is 0 Å². The minimum atomic E-state index is -0.263. The molecule has 0 saturated carbocycles. The topological polar surface area (TPSA) is 50.4 Å². The molecular formula is C11H18N2O2S. The third kappa shape index (κ3) is 2.95. The molecule has 1 aliphatic heterocycles. The smallest absolute Gasteiger partial charge is 0.337 e. The lowest BCUT2D eigenvalue weighted by Gasteiger charge is -2.28. The van der Waals surface area contributed by atoms with Crippen LogP contribution in [0.4, 0.5) is 0 Å². The van der Waals surface area contributed by atoms with E-state index in [1.165, 1.54) is 0 Å². The van der Waals surface area contributed by atoms with Crippen LogP contribution in [0.3, 0.4) is 0 Å². The SMILES string of the molecule is CCCC1=C(C(=O)OCC)C(C)NC(=S)N1. The summed E-state index contributed by atoms with van der Waals surface area (Å²) in [4.78, 5) is 11.8. The van der Waals surface area contributed by atoms with Gasteiger partial charge in [-0.1, -0.05) is 13.3 Å². The molecule has 16 heavy (non-hydrogen) atoms. The van der Waals surface area contributed by atoms with Crippen LogP contribution in [0.15, 0.2) is 11.3 Å². The second-order valence-corrected chi connectivity index (χ2v) is 4.09. The van der Waals surface area contributed by atoms with E-state index in [4.69, 9.17) is 17.0 Å². The van der Waals surface area contributed by atoms with Gasteiger partial charge < -0.3 is 15.4 Å². The van der Waals surface area contributed by atoms with Gasteiger partial charge in [0.15, 0.2) is 5.11 Å². The van der Waals surface area contributed by atoms with E-state index in [2.05, 4.69) is 17.6 Å². The summed E-state index contributed by atoms with van der Waals surface area (Å²) in [6.07, 6.45) is 1.76. The van der Waals surface area contributed by atoms with Crippen LogP contribution < -0.4 is 10.6 Å². The summed E-state index contributed by atoms with van der Waals surface area (Å²) in [6.45, 7) is 6.16. The largest absolute Gasteiger partial charge is 0.463 e. The summed E-state index contributed by atoms with van der Waals surface area (Å²) in [5, 5.41) is 6.63. The Bertz CT molecular complexity index is 326. The monoisotopic (exact) mass is 242 g/mol. The van der Waals surface area contributed by atoms with Crippen LogP contribution in [0.1, 0.15) is 33.6 Å². The van der Waals surface area contributed by atoms with E-state index < -0.39 is 0 Å². The molecule has 2 N–H and O–H groups in total. The summed E-state index contributed by atoms with van der Waals surface area (Å²) in [5.74, 6) is -0.263. The molecule has 1 heterocycles. The first kappa shape index (κ1) is 13.0. The Hall–Kier alpha value is -1.10. The molecule has 0 amide bonds. The van der Waals surface area contributed by atoms with Crippen LogP contribution in [0.5, 0.6) is 0 Å². The zero-order valence-electron chi connectivity index (χ0n) is 9.92. The van der Waals surface area contributed by atoms with Gasteiger partial charge in [0.1, 0.15) is 0 Å². The number of esters is 1. The van der Waals surface area contributed by atoms with Crippen molar-refractivity contribution in [1.82, 2.24) is 10.6 Å². The van der Waals surface area contributed by atoms with E-state index in [1.807, 2.05) is 6.92 Å². The van der Waals surface area contributed by atoms with E-state index in [9.17, 15) is 4.79 Å². The van der Waals surface area contributed by atoms with Crippen LogP contribution in [0.25, 0.3) is 0 Å². The van der Waals surface area contributed by atoms with Crippen molar-refractivity contribution in [2.75, 3.05) is 6.61 Å². The summed E-state index contributed by atoms with van der Waals surface area (Å²) >= 11 is 5.07. The fourth-order valence-electron chi connectivity index (χ4n) is 1.73. The van der Waals surface area contributed by atoms with E-state index in [0.29, 0.717) is 17.3 Å². The lowest BCUT2D eigenvalue weighted by atomic mass is 10.0. The van der Waals surface area contributed by atoms with Crippen molar-refractivity contribution in [3.63, 3.8) is 0 Å². The summed E-state index contributed by atoms with van der Waals surface area (Å²) in [7, 11) is 0. The van der Waals surface area contributed by atoms with Crippen molar-refractivity contribution in [3.8, 4) is 0 Å². The molecule has 1 aliphatic rings. The van der Waals surface area contributed by atoms with Crippen LogP contribution in [-0.4, -0.2) is 23.7 Å². The molecule has 0 aromatic carbocycles. The van der Waals surface area contributed by atoms with Crippen LogP contribution in [-0.2, 0) is 9.53 Å². The van der Waals surface area contributed by atoms with Gasteiger partial charge in [-0.15, -0.1) is 0 Å². The van der Waals surface area contributed by atoms with Gasteiger partial charge >= 0.3 is 5.97 Å². The molecule has 1 atom stereocenters. The molecule has 0 aliphatic carbocycles. The van der Waals surface area contributed by atoms with Gasteiger partial charge in [0, 0.05) is 5.70 Å². The minimum absolute atomic E-state index is 0.0886. The highest BCUT2D eigenvalue weighted by Gasteiger charge is 2.27. The van der Waals surface area contributed by atoms with E-state index in [1.54, 1.807) is 6.92 Å². The Kier molecular flexibility index (Phi) is 4.73. The minimum Gasteiger partial charge on any atom is -0.463 e. The standard InChI is InChI=1S/C11H18N2O2S/c1-4-6-8-9(10(14)15-5-2)7(3)12-11(16)13-8/h7H,4-6H2,1-3H3,(H2,12,13,16). The summed E-state index contributed by atoms with van der Waals surface area (Å²) in [6, 6.07) is -0.0886. The number of nitrogens with one attached hydrogen (secondary N) is 2. The first-order valence-corrected chi connectivity index (χ1v) is 5.98. The van der Waals surface area contributed by atoms with Crippen molar-refractivity contribution in [1.29, 1.82) is 0 Å².